The van der Waals surface area contributed by atoms with Crippen molar-refractivity contribution < 1.29 is 19.1 Å². The Morgan fingerprint density at radius 2 is 1.93 bits per heavy atom. The van der Waals surface area contributed by atoms with Gasteiger partial charge in [0.05, 0.1) is 29.1 Å². The zero-order chi connectivity index (χ0) is 21.1. The number of nitrogens with zero attached hydrogens (tertiary/aromatic N) is 2. The number of hydrogen-bond acceptors (Lipinski definition) is 5. The van der Waals surface area contributed by atoms with Crippen LogP contribution in [0.4, 0.5) is 5.69 Å². The molecule has 0 saturated carbocycles. The number of hydrogen-bond donors (Lipinski definition) is 1. The van der Waals surface area contributed by atoms with E-state index in [9.17, 15) is 9.59 Å². The number of rotatable bonds is 6. The number of anilines is 1. The Labute approximate surface area is 177 Å². The third-order valence-electron chi connectivity index (χ3n) is 4.06. The van der Waals surface area contributed by atoms with Gasteiger partial charge in [-0.15, -0.1) is 0 Å². The zero-order valence-corrected chi connectivity index (χ0v) is 17.1. The predicted molar refractivity (Wildman–Crippen MR) is 113 cm³/mol. The molecule has 0 bridgehead atoms. The Hall–Kier alpha value is -3.03. The van der Waals surface area contributed by atoms with Crippen molar-refractivity contribution in [3.8, 4) is 11.5 Å². The lowest BCUT2D eigenvalue weighted by Gasteiger charge is -2.13. The fraction of sp³-hybridized carbons (Fsp3) is 0.150. The SMILES string of the molecule is COc1cc(C=C2C(=O)N(c3ccc(Cl)cc3)N=C2C)cc(Cl)c1OCC(N)=O. The van der Waals surface area contributed by atoms with Gasteiger partial charge in [-0.2, -0.15) is 10.1 Å². The van der Waals surface area contributed by atoms with Crippen molar-refractivity contribution in [1.82, 2.24) is 0 Å². The van der Waals surface area contributed by atoms with Gasteiger partial charge in [0.1, 0.15) is 0 Å². The molecule has 2 N–H and O–H groups in total. The highest BCUT2D eigenvalue weighted by atomic mass is 35.5. The summed E-state index contributed by atoms with van der Waals surface area (Å²) in [6, 6.07) is 10.0. The minimum Gasteiger partial charge on any atom is -0.493 e. The number of amides is 2. The smallest absolute Gasteiger partial charge is 0.280 e. The summed E-state index contributed by atoms with van der Waals surface area (Å²) in [5.41, 5.74) is 7.27. The molecule has 29 heavy (non-hydrogen) atoms. The van der Waals surface area contributed by atoms with Crippen LogP contribution in [-0.2, 0) is 9.59 Å². The first kappa shape index (κ1) is 20.7. The van der Waals surface area contributed by atoms with Gasteiger partial charge in [0.2, 0.25) is 0 Å². The average molecular weight is 434 g/mol. The molecule has 7 nitrogen and oxygen atoms in total. The van der Waals surface area contributed by atoms with Crippen LogP contribution in [0.2, 0.25) is 10.0 Å². The second-order valence-electron chi connectivity index (χ2n) is 6.13. The molecule has 0 atom stereocenters. The molecule has 3 rings (SSSR count). The van der Waals surface area contributed by atoms with Crippen molar-refractivity contribution in [2.75, 3.05) is 18.7 Å². The summed E-state index contributed by atoms with van der Waals surface area (Å²) in [4.78, 5) is 23.8. The van der Waals surface area contributed by atoms with Crippen LogP contribution in [0, 0.1) is 0 Å². The van der Waals surface area contributed by atoms with E-state index in [4.69, 9.17) is 38.4 Å². The summed E-state index contributed by atoms with van der Waals surface area (Å²) < 4.78 is 10.6. The Kier molecular flexibility index (Phi) is 6.10. The van der Waals surface area contributed by atoms with E-state index in [-0.39, 0.29) is 23.3 Å². The third-order valence-corrected chi connectivity index (χ3v) is 4.59. The second kappa shape index (κ2) is 8.55. The maximum atomic E-state index is 12.9. The molecule has 9 heteroatoms. The minimum atomic E-state index is -0.639. The van der Waals surface area contributed by atoms with Gasteiger partial charge in [-0.25, -0.2) is 0 Å². The number of methoxy groups -OCH3 is 1. The first-order valence-electron chi connectivity index (χ1n) is 8.46. The summed E-state index contributed by atoms with van der Waals surface area (Å²) >= 11 is 12.2. The molecule has 2 aromatic carbocycles. The molecule has 0 fully saturated rings. The van der Waals surface area contributed by atoms with Crippen LogP contribution in [-0.4, -0.2) is 31.2 Å². The summed E-state index contributed by atoms with van der Waals surface area (Å²) in [5.74, 6) is -0.421. The molecule has 2 aromatic rings. The first-order valence-corrected chi connectivity index (χ1v) is 9.21. The second-order valence-corrected chi connectivity index (χ2v) is 6.97. The van der Waals surface area contributed by atoms with Crippen molar-refractivity contribution in [2.45, 2.75) is 6.92 Å². The van der Waals surface area contributed by atoms with Gasteiger partial charge in [-0.3, -0.25) is 9.59 Å². The van der Waals surface area contributed by atoms with Crippen LogP contribution in [0.3, 0.4) is 0 Å². The topological polar surface area (TPSA) is 94.2 Å². The van der Waals surface area contributed by atoms with Crippen LogP contribution >= 0.6 is 23.2 Å². The highest BCUT2D eigenvalue weighted by Crippen LogP contribution is 2.37. The predicted octanol–water partition coefficient (Wildman–Crippen LogP) is 3.67. The van der Waals surface area contributed by atoms with Gasteiger partial charge < -0.3 is 15.2 Å². The minimum absolute atomic E-state index is 0.195. The van der Waals surface area contributed by atoms with E-state index < -0.39 is 5.91 Å². The highest BCUT2D eigenvalue weighted by Gasteiger charge is 2.29. The molecule has 0 aromatic heterocycles. The van der Waals surface area contributed by atoms with E-state index in [1.54, 1.807) is 49.4 Å². The maximum absolute atomic E-state index is 12.9. The normalized spacial score (nSPS) is 14.9. The molecule has 0 saturated heterocycles. The number of carbonyl (C=O) groups excluding carboxylic acids is 2. The third kappa shape index (κ3) is 4.52. The quantitative estimate of drug-likeness (QED) is 0.702. The highest BCUT2D eigenvalue weighted by molar-refractivity contribution is 6.34. The number of nitrogens with two attached hydrogens (primary N) is 1. The van der Waals surface area contributed by atoms with Gasteiger partial charge in [0, 0.05) is 5.02 Å². The van der Waals surface area contributed by atoms with Crippen LogP contribution in [0.25, 0.3) is 6.08 Å². The van der Waals surface area contributed by atoms with Crippen molar-refractivity contribution in [2.24, 2.45) is 10.8 Å². The Morgan fingerprint density at radius 3 is 2.55 bits per heavy atom. The number of benzene rings is 2. The lowest BCUT2D eigenvalue weighted by atomic mass is 10.1. The number of carbonyl (C=O) groups is 2. The largest absolute Gasteiger partial charge is 0.493 e. The fourth-order valence-electron chi connectivity index (χ4n) is 2.71. The summed E-state index contributed by atoms with van der Waals surface area (Å²) in [6.07, 6.45) is 1.66. The van der Waals surface area contributed by atoms with Gasteiger partial charge in [0.15, 0.2) is 18.1 Å². The molecule has 1 aliphatic rings. The van der Waals surface area contributed by atoms with Crippen molar-refractivity contribution in [3.05, 3.63) is 57.6 Å². The molecule has 1 aliphatic heterocycles. The number of ether oxygens (including phenoxy) is 2. The Balaban J connectivity index is 1.92. The monoisotopic (exact) mass is 433 g/mol. The lowest BCUT2D eigenvalue weighted by molar-refractivity contribution is -0.120. The Morgan fingerprint density at radius 1 is 1.24 bits per heavy atom. The molecular formula is C20H17Cl2N3O4. The van der Waals surface area contributed by atoms with E-state index in [1.807, 2.05) is 0 Å². The molecule has 1 heterocycles. The van der Waals surface area contributed by atoms with Crippen molar-refractivity contribution >= 4 is 52.5 Å². The lowest BCUT2D eigenvalue weighted by Crippen LogP contribution is -2.21. The molecule has 2 amide bonds. The number of hydrazone groups is 1. The first-order chi connectivity index (χ1) is 13.8. The van der Waals surface area contributed by atoms with Gasteiger partial charge in [0.25, 0.3) is 11.8 Å². The van der Waals surface area contributed by atoms with Crippen LogP contribution in [0.5, 0.6) is 11.5 Å². The molecule has 0 unspecified atom stereocenters. The Bertz CT molecular complexity index is 1030. The molecule has 0 spiro atoms. The van der Waals surface area contributed by atoms with E-state index in [2.05, 4.69) is 5.10 Å². The van der Waals surface area contributed by atoms with E-state index in [0.29, 0.717) is 33.3 Å². The summed E-state index contributed by atoms with van der Waals surface area (Å²) in [6.45, 7) is 1.40. The molecular weight excluding hydrogens is 417 g/mol. The molecule has 0 aliphatic carbocycles. The van der Waals surface area contributed by atoms with Crippen LogP contribution < -0.4 is 20.2 Å². The maximum Gasteiger partial charge on any atom is 0.280 e. The molecule has 150 valence electrons. The van der Waals surface area contributed by atoms with Crippen LogP contribution in [0.15, 0.2) is 47.1 Å². The van der Waals surface area contributed by atoms with Gasteiger partial charge in [-0.1, -0.05) is 23.2 Å². The van der Waals surface area contributed by atoms with E-state index in [0.717, 1.165) is 0 Å². The standard InChI is InChI=1S/C20H17Cl2N3O4/c1-11-15(20(27)25(24-11)14-5-3-13(21)4-6-14)7-12-8-16(22)19(17(9-12)28-2)29-10-18(23)26/h3-9H,10H2,1-2H3,(H2,23,26). The van der Waals surface area contributed by atoms with Crippen molar-refractivity contribution in [1.29, 1.82) is 0 Å². The average Bonchev–Trinajstić information content (AvgIpc) is 2.95. The molecule has 0 radical (unpaired) electrons. The number of halogens is 2. The van der Waals surface area contributed by atoms with Gasteiger partial charge in [-0.05, 0) is 55.0 Å². The fourth-order valence-corrected chi connectivity index (χ4v) is 3.11. The van der Waals surface area contributed by atoms with Crippen LogP contribution in [0.1, 0.15) is 12.5 Å². The van der Waals surface area contributed by atoms with Crippen molar-refractivity contribution in [3.63, 3.8) is 0 Å². The van der Waals surface area contributed by atoms with Gasteiger partial charge >= 0.3 is 0 Å². The zero-order valence-electron chi connectivity index (χ0n) is 15.6. The number of primary amides is 1. The summed E-state index contributed by atoms with van der Waals surface area (Å²) in [5, 5.41) is 6.42. The van der Waals surface area contributed by atoms with E-state index >= 15 is 0 Å². The van der Waals surface area contributed by atoms with E-state index in [1.165, 1.54) is 12.1 Å². The summed E-state index contributed by atoms with van der Waals surface area (Å²) in [7, 11) is 1.44.